The first kappa shape index (κ1) is 23.8. The van der Waals surface area contributed by atoms with Gasteiger partial charge in [-0.05, 0) is 67.3 Å². The summed E-state index contributed by atoms with van der Waals surface area (Å²) in [6, 6.07) is 9.31. The van der Waals surface area contributed by atoms with Crippen molar-refractivity contribution in [2.75, 3.05) is 5.32 Å². The van der Waals surface area contributed by atoms with Gasteiger partial charge in [0.15, 0.2) is 5.78 Å². The predicted octanol–water partition coefficient (Wildman–Crippen LogP) is 6.25. The summed E-state index contributed by atoms with van der Waals surface area (Å²) in [5.74, 6) is -1.33. The van der Waals surface area contributed by atoms with Gasteiger partial charge in [-0.3, -0.25) is 9.59 Å². The topological polar surface area (TPSA) is 58.2 Å². The molecule has 2 N–H and O–H groups in total. The highest BCUT2D eigenvalue weighted by Crippen LogP contribution is 2.59. The molecule has 2 aromatic rings. The van der Waals surface area contributed by atoms with Gasteiger partial charge in [-0.15, -0.1) is 0 Å². The highest BCUT2D eigenvalue weighted by molar-refractivity contribution is 6.31. The minimum Gasteiger partial charge on any atom is -0.325 e. The van der Waals surface area contributed by atoms with Crippen LogP contribution in [0.15, 0.2) is 36.4 Å². The Hall–Kier alpha value is -1.95. The van der Waals surface area contributed by atoms with E-state index in [4.69, 9.17) is 23.2 Å². The lowest BCUT2D eigenvalue weighted by Gasteiger charge is -2.43. The number of hydrogen-bond acceptors (Lipinski definition) is 3. The molecule has 0 aromatic heterocycles. The molecule has 3 atom stereocenters. The van der Waals surface area contributed by atoms with Crippen LogP contribution in [0.4, 0.5) is 10.1 Å². The van der Waals surface area contributed by atoms with E-state index in [1.807, 2.05) is 19.9 Å². The molecule has 2 heterocycles. The number of rotatable bonds is 4. The average molecular weight is 503 g/mol. The van der Waals surface area contributed by atoms with Crippen LogP contribution in [-0.2, 0) is 15.0 Å². The van der Waals surface area contributed by atoms with Crippen molar-refractivity contribution in [1.82, 2.24) is 5.32 Å². The van der Waals surface area contributed by atoms with E-state index in [0.29, 0.717) is 28.6 Å². The van der Waals surface area contributed by atoms with Crippen LogP contribution >= 0.6 is 23.2 Å². The monoisotopic (exact) mass is 502 g/mol. The third-order valence-electron chi connectivity index (χ3n) is 8.15. The molecular weight excluding hydrogens is 474 g/mol. The number of ketones is 1. The number of fused-ring (bicyclic) bond motifs is 2. The van der Waals surface area contributed by atoms with Crippen molar-refractivity contribution in [3.63, 3.8) is 0 Å². The highest BCUT2D eigenvalue weighted by atomic mass is 35.5. The van der Waals surface area contributed by atoms with Gasteiger partial charge in [-0.2, -0.15) is 0 Å². The van der Waals surface area contributed by atoms with Crippen LogP contribution in [-0.4, -0.2) is 23.3 Å². The first-order valence-electron chi connectivity index (χ1n) is 11.7. The zero-order valence-corrected chi connectivity index (χ0v) is 21.3. The van der Waals surface area contributed by atoms with Gasteiger partial charge in [0.1, 0.15) is 11.2 Å². The van der Waals surface area contributed by atoms with Crippen molar-refractivity contribution >= 4 is 40.6 Å². The molecule has 180 valence electrons. The van der Waals surface area contributed by atoms with Crippen LogP contribution in [0.5, 0.6) is 0 Å². The van der Waals surface area contributed by atoms with E-state index < -0.39 is 28.7 Å². The normalized spacial score (nSPS) is 29.1. The van der Waals surface area contributed by atoms with Crippen LogP contribution in [0.3, 0.4) is 0 Å². The van der Waals surface area contributed by atoms with Gasteiger partial charge in [0, 0.05) is 28.6 Å². The van der Waals surface area contributed by atoms with E-state index in [1.54, 1.807) is 24.3 Å². The van der Waals surface area contributed by atoms with Crippen molar-refractivity contribution in [1.29, 1.82) is 0 Å². The molecule has 1 saturated heterocycles. The second-order valence-electron chi connectivity index (χ2n) is 11.4. The lowest BCUT2D eigenvalue weighted by Crippen LogP contribution is -2.55. The third-order valence-corrected chi connectivity index (χ3v) is 8.68. The summed E-state index contributed by atoms with van der Waals surface area (Å²) >= 11 is 12.4. The molecule has 5 rings (SSSR count). The molecular formula is C27H29Cl2FN2O2. The maximum atomic E-state index is 15.6. The van der Waals surface area contributed by atoms with Gasteiger partial charge < -0.3 is 10.6 Å². The maximum Gasteiger partial charge on any atom is 0.237 e. The molecule has 7 heteroatoms. The van der Waals surface area contributed by atoms with Crippen molar-refractivity contribution in [2.24, 2.45) is 11.3 Å². The van der Waals surface area contributed by atoms with Gasteiger partial charge in [0.25, 0.3) is 0 Å². The summed E-state index contributed by atoms with van der Waals surface area (Å²) in [4.78, 5) is 27.6. The van der Waals surface area contributed by atoms with Gasteiger partial charge in [0.05, 0.1) is 11.1 Å². The number of amides is 1. The van der Waals surface area contributed by atoms with Crippen molar-refractivity contribution in [3.05, 3.63) is 63.4 Å². The minimum absolute atomic E-state index is 0.00467. The Morgan fingerprint density at radius 1 is 1.12 bits per heavy atom. The summed E-state index contributed by atoms with van der Waals surface area (Å²) < 4.78 is 15.6. The number of carbonyl (C=O) groups excluding carboxylic acids is 2. The van der Waals surface area contributed by atoms with E-state index in [-0.39, 0.29) is 27.7 Å². The van der Waals surface area contributed by atoms with Gasteiger partial charge in [0.2, 0.25) is 5.91 Å². The predicted molar refractivity (Wildman–Crippen MR) is 133 cm³/mol. The van der Waals surface area contributed by atoms with Crippen LogP contribution in [0.25, 0.3) is 0 Å². The van der Waals surface area contributed by atoms with Crippen LogP contribution in [0.2, 0.25) is 10.0 Å². The zero-order chi connectivity index (χ0) is 24.6. The Morgan fingerprint density at radius 2 is 1.82 bits per heavy atom. The minimum atomic E-state index is -1.22. The van der Waals surface area contributed by atoms with Crippen molar-refractivity contribution in [2.45, 2.75) is 69.9 Å². The molecule has 1 saturated carbocycles. The van der Waals surface area contributed by atoms with Crippen LogP contribution in [0.1, 0.15) is 64.0 Å². The van der Waals surface area contributed by atoms with E-state index in [2.05, 4.69) is 24.5 Å². The number of hydrogen-bond donors (Lipinski definition) is 2. The smallest absolute Gasteiger partial charge is 0.237 e. The fourth-order valence-electron chi connectivity index (χ4n) is 6.96. The highest BCUT2D eigenvalue weighted by Gasteiger charge is 2.69. The second-order valence-corrected chi connectivity index (χ2v) is 12.3. The number of anilines is 1. The van der Waals surface area contributed by atoms with E-state index >= 15 is 4.39 Å². The summed E-state index contributed by atoms with van der Waals surface area (Å²) in [6.45, 7) is 8.22. The van der Waals surface area contributed by atoms with Gasteiger partial charge >= 0.3 is 0 Å². The summed E-state index contributed by atoms with van der Waals surface area (Å²) in [6.07, 6.45) is 2.37. The van der Waals surface area contributed by atoms with Gasteiger partial charge in [-0.1, -0.05) is 55.2 Å². The fraction of sp³-hybridized carbons (Fsp3) is 0.481. The molecule has 1 spiro atoms. The molecule has 1 amide bonds. The lowest BCUT2D eigenvalue weighted by molar-refractivity contribution is -0.124. The molecule has 2 aromatic carbocycles. The number of Topliss-reactive ketones (excluding diaryl/α,β-unsaturated/α-hetero) is 1. The molecule has 0 unspecified atom stereocenters. The summed E-state index contributed by atoms with van der Waals surface area (Å²) in [5, 5.41) is 6.89. The molecule has 0 radical (unpaired) electrons. The number of carbonyl (C=O) groups is 2. The Bertz CT molecular complexity index is 1200. The van der Waals surface area contributed by atoms with Crippen LogP contribution in [0, 0.1) is 17.2 Å². The Labute approximate surface area is 209 Å². The zero-order valence-electron chi connectivity index (χ0n) is 19.8. The van der Waals surface area contributed by atoms with Gasteiger partial charge in [-0.25, -0.2) is 4.39 Å². The molecule has 2 fully saturated rings. The third kappa shape index (κ3) is 3.35. The number of benzene rings is 2. The van der Waals surface area contributed by atoms with Crippen molar-refractivity contribution in [3.8, 4) is 0 Å². The Balaban J connectivity index is 1.67. The van der Waals surface area contributed by atoms with E-state index in [1.165, 1.54) is 6.07 Å². The fourth-order valence-corrected chi connectivity index (χ4v) is 7.31. The molecule has 4 nitrogen and oxygen atoms in total. The van der Waals surface area contributed by atoms with Crippen LogP contribution < -0.4 is 10.6 Å². The number of nitrogens with one attached hydrogen (secondary N) is 2. The van der Waals surface area contributed by atoms with Crippen molar-refractivity contribution < 1.29 is 14.0 Å². The summed E-state index contributed by atoms with van der Waals surface area (Å²) in [5.41, 5.74) is -0.253. The Kier molecular flexibility index (Phi) is 5.44. The van der Waals surface area contributed by atoms with E-state index in [9.17, 15) is 9.59 Å². The maximum absolute atomic E-state index is 15.6. The average Bonchev–Trinajstić information content (AvgIpc) is 3.14. The molecule has 1 aliphatic carbocycles. The SMILES string of the molecule is CC1(C)CC(CC(=O)[C@@H]2NC(C)(C)[C@@]3(C(=O)Nc4cc(Cl)ccc43)[C@H]2c2cccc(Cl)c2F)C1. The largest absolute Gasteiger partial charge is 0.325 e. The molecule has 34 heavy (non-hydrogen) atoms. The second kappa shape index (κ2) is 7.78. The first-order chi connectivity index (χ1) is 15.9. The standard InChI is InChI=1S/C27H29Cl2FN2O2/c1-25(2)12-14(13-25)10-20(33)23-21(16-6-5-7-18(29)22(16)30)27(26(3,4)32-23)17-9-8-15(28)11-19(17)31-24(27)34/h5-9,11,14,21,23,32H,10,12-13H2,1-4H3,(H,31,34)/t21-,23-,27+/m0/s1. The Morgan fingerprint density at radius 3 is 2.50 bits per heavy atom. The molecule has 3 aliphatic rings. The molecule has 0 bridgehead atoms. The first-order valence-corrected chi connectivity index (χ1v) is 12.5. The van der Waals surface area contributed by atoms with E-state index in [0.717, 1.165) is 12.8 Å². The summed E-state index contributed by atoms with van der Waals surface area (Å²) in [7, 11) is 0. The lowest BCUT2D eigenvalue weighted by atomic mass is 9.59. The quantitative estimate of drug-likeness (QED) is 0.519. The molecule has 2 aliphatic heterocycles. The number of halogens is 3.